The van der Waals surface area contributed by atoms with E-state index >= 15 is 0 Å². The molecule has 0 spiro atoms. The monoisotopic (exact) mass is 259 g/mol. The van der Waals surface area contributed by atoms with Gasteiger partial charge in [-0.1, -0.05) is 6.07 Å². The lowest BCUT2D eigenvalue weighted by Gasteiger charge is -2.02. The van der Waals surface area contributed by atoms with Gasteiger partial charge in [-0.2, -0.15) is 0 Å². The molecule has 0 atom stereocenters. The van der Waals surface area contributed by atoms with Gasteiger partial charge in [0.1, 0.15) is 0 Å². The Labute approximate surface area is 109 Å². The number of aryl methyl sites for hydroxylation is 2. The quantitative estimate of drug-likeness (QED) is 0.814. The lowest BCUT2D eigenvalue weighted by Crippen LogP contribution is -2.12. The fourth-order valence-corrected chi connectivity index (χ4v) is 3.14. The lowest BCUT2D eigenvalue weighted by atomic mass is 10.2. The molecule has 1 aromatic heterocycles. The number of benzene rings is 1. The molecule has 1 aromatic carbocycles. The number of carbonyl (C=O) groups is 1. The Hall–Kier alpha value is -1.88. The Bertz CT molecular complexity index is 585. The van der Waals surface area contributed by atoms with Crippen molar-refractivity contribution >= 4 is 28.1 Å². The van der Waals surface area contributed by atoms with E-state index < -0.39 is 0 Å². The van der Waals surface area contributed by atoms with Crippen LogP contribution in [0.1, 0.15) is 27.3 Å². The number of hydrogen-bond acceptors (Lipinski definition) is 4. The van der Waals surface area contributed by atoms with Crippen molar-refractivity contribution in [1.29, 1.82) is 0 Å². The average molecular weight is 259 g/mol. The summed E-state index contributed by atoms with van der Waals surface area (Å²) in [5.41, 5.74) is 7.95. The normalized spacial score (nSPS) is 13.3. The summed E-state index contributed by atoms with van der Waals surface area (Å²) < 4.78 is 0. The number of rotatable bonds is 2. The number of amides is 1. The van der Waals surface area contributed by atoms with Crippen molar-refractivity contribution in [3.8, 4) is 0 Å². The summed E-state index contributed by atoms with van der Waals surface area (Å²) in [6.07, 6.45) is 3.29. The number of fused-ring (bicyclic) bond motifs is 1. The molecule has 3 rings (SSSR count). The fourth-order valence-electron chi connectivity index (χ4n) is 2.09. The van der Waals surface area contributed by atoms with Crippen LogP contribution >= 0.6 is 11.3 Å². The zero-order valence-corrected chi connectivity index (χ0v) is 10.6. The van der Waals surface area contributed by atoms with E-state index in [9.17, 15) is 4.79 Å². The molecule has 0 saturated heterocycles. The van der Waals surface area contributed by atoms with Gasteiger partial charge in [0.25, 0.3) is 5.91 Å². The fraction of sp³-hybridized carbons (Fsp3) is 0.231. The minimum Gasteiger partial charge on any atom is -0.399 e. The minimum atomic E-state index is -0.158. The summed E-state index contributed by atoms with van der Waals surface area (Å²) in [6, 6.07) is 6.93. The molecule has 0 aliphatic heterocycles. The van der Waals surface area contributed by atoms with E-state index in [-0.39, 0.29) is 5.91 Å². The molecule has 0 bridgehead atoms. The molecule has 0 fully saturated rings. The van der Waals surface area contributed by atoms with E-state index in [2.05, 4.69) is 10.3 Å². The molecule has 18 heavy (non-hydrogen) atoms. The SMILES string of the molecule is Nc1cccc(C(=O)Nc2nc3c(s2)CCC3)c1. The van der Waals surface area contributed by atoms with Crippen LogP contribution in [-0.4, -0.2) is 10.9 Å². The first kappa shape index (κ1) is 11.2. The Morgan fingerprint density at radius 2 is 2.28 bits per heavy atom. The first-order chi connectivity index (χ1) is 8.72. The molecule has 0 radical (unpaired) electrons. The Kier molecular flexibility index (Phi) is 2.76. The van der Waals surface area contributed by atoms with Gasteiger partial charge in [-0.25, -0.2) is 4.98 Å². The number of aromatic nitrogens is 1. The predicted octanol–water partition coefficient (Wildman–Crippen LogP) is 2.47. The van der Waals surface area contributed by atoms with Gasteiger partial charge in [0.05, 0.1) is 5.69 Å². The van der Waals surface area contributed by atoms with Crippen LogP contribution in [0.2, 0.25) is 0 Å². The molecule has 1 aliphatic carbocycles. The second-order valence-corrected chi connectivity index (χ2v) is 5.41. The highest BCUT2D eigenvalue weighted by atomic mass is 32.1. The number of thiazole rings is 1. The van der Waals surface area contributed by atoms with Gasteiger partial charge in [0, 0.05) is 16.1 Å². The minimum absolute atomic E-state index is 0.158. The van der Waals surface area contributed by atoms with E-state index in [1.807, 2.05) is 0 Å². The van der Waals surface area contributed by atoms with Crippen molar-refractivity contribution in [3.63, 3.8) is 0 Å². The molecule has 1 aliphatic rings. The number of nitrogens with two attached hydrogens (primary N) is 1. The first-order valence-electron chi connectivity index (χ1n) is 5.88. The number of nitrogen functional groups attached to an aromatic ring is 1. The van der Waals surface area contributed by atoms with Crippen LogP contribution in [0.5, 0.6) is 0 Å². The van der Waals surface area contributed by atoms with Crippen molar-refractivity contribution in [2.75, 3.05) is 11.1 Å². The maximum absolute atomic E-state index is 12.0. The summed E-state index contributed by atoms with van der Waals surface area (Å²) in [4.78, 5) is 17.7. The molecule has 2 aromatic rings. The highest BCUT2D eigenvalue weighted by Gasteiger charge is 2.18. The molecular formula is C13H13N3OS. The van der Waals surface area contributed by atoms with Gasteiger partial charge in [-0.3, -0.25) is 10.1 Å². The molecule has 4 nitrogen and oxygen atoms in total. The van der Waals surface area contributed by atoms with E-state index in [1.54, 1.807) is 35.6 Å². The number of hydrogen-bond donors (Lipinski definition) is 2. The molecular weight excluding hydrogens is 246 g/mol. The third-order valence-corrected chi connectivity index (χ3v) is 4.04. The number of nitrogens with zero attached hydrogens (tertiary/aromatic N) is 1. The highest BCUT2D eigenvalue weighted by Crippen LogP contribution is 2.30. The zero-order valence-electron chi connectivity index (χ0n) is 9.77. The molecule has 0 saturated carbocycles. The molecule has 1 amide bonds. The standard InChI is InChI=1S/C13H13N3OS/c14-9-4-1-3-8(7-9)12(17)16-13-15-10-5-2-6-11(10)18-13/h1,3-4,7H,2,5-6,14H2,(H,15,16,17). The van der Waals surface area contributed by atoms with Crippen LogP contribution in [0, 0.1) is 0 Å². The van der Waals surface area contributed by atoms with Gasteiger partial charge < -0.3 is 5.73 Å². The Balaban J connectivity index is 1.78. The zero-order chi connectivity index (χ0) is 12.5. The van der Waals surface area contributed by atoms with Crippen LogP contribution in [0.4, 0.5) is 10.8 Å². The van der Waals surface area contributed by atoms with Gasteiger partial charge in [0.15, 0.2) is 5.13 Å². The summed E-state index contributed by atoms with van der Waals surface area (Å²) in [5.74, 6) is -0.158. The van der Waals surface area contributed by atoms with Crippen molar-refractivity contribution in [2.24, 2.45) is 0 Å². The van der Waals surface area contributed by atoms with Gasteiger partial charge >= 0.3 is 0 Å². The Morgan fingerprint density at radius 3 is 3.06 bits per heavy atom. The van der Waals surface area contributed by atoms with Crippen molar-refractivity contribution in [2.45, 2.75) is 19.3 Å². The third kappa shape index (κ3) is 2.09. The Morgan fingerprint density at radius 1 is 1.39 bits per heavy atom. The van der Waals surface area contributed by atoms with E-state index in [0.29, 0.717) is 16.4 Å². The number of anilines is 2. The molecule has 0 unspecified atom stereocenters. The van der Waals surface area contributed by atoms with E-state index in [4.69, 9.17) is 5.73 Å². The first-order valence-corrected chi connectivity index (χ1v) is 6.69. The van der Waals surface area contributed by atoms with Crippen molar-refractivity contribution < 1.29 is 4.79 Å². The van der Waals surface area contributed by atoms with E-state index in [0.717, 1.165) is 18.5 Å². The van der Waals surface area contributed by atoms with Crippen LogP contribution in [0.3, 0.4) is 0 Å². The number of carbonyl (C=O) groups excluding carboxylic acids is 1. The maximum atomic E-state index is 12.0. The van der Waals surface area contributed by atoms with Crippen molar-refractivity contribution in [3.05, 3.63) is 40.4 Å². The predicted molar refractivity (Wildman–Crippen MR) is 72.9 cm³/mol. The van der Waals surface area contributed by atoms with Crippen LogP contribution < -0.4 is 11.1 Å². The summed E-state index contributed by atoms with van der Waals surface area (Å²) in [7, 11) is 0. The van der Waals surface area contributed by atoms with Crippen LogP contribution in [0.25, 0.3) is 0 Å². The van der Waals surface area contributed by atoms with Gasteiger partial charge in [-0.05, 0) is 37.5 Å². The summed E-state index contributed by atoms with van der Waals surface area (Å²) in [5, 5.41) is 3.51. The average Bonchev–Trinajstić information content (AvgIpc) is 2.89. The molecule has 1 heterocycles. The van der Waals surface area contributed by atoms with Crippen LogP contribution in [0.15, 0.2) is 24.3 Å². The highest BCUT2D eigenvalue weighted by molar-refractivity contribution is 7.15. The second kappa shape index (κ2) is 4.42. The largest absolute Gasteiger partial charge is 0.399 e. The summed E-state index contributed by atoms with van der Waals surface area (Å²) in [6.45, 7) is 0. The molecule has 92 valence electrons. The molecule has 5 heteroatoms. The summed E-state index contributed by atoms with van der Waals surface area (Å²) >= 11 is 1.57. The van der Waals surface area contributed by atoms with Gasteiger partial charge in [-0.15, -0.1) is 11.3 Å². The van der Waals surface area contributed by atoms with Crippen LogP contribution in [-0.2, 0) is 12.8 Å². The smallest absolute Gasteiger partial charge is 0.257 e. The topological polar surface area (TPSA) is 68.0 Å². The van der Waals surface area contributed by atoms with Gasteiger partial charge in [0.2, 0.25) is 0 Å². The molecule has 3 N–H and O–H groups in total. The van der Waals surface area contributed by atoms with E-state index in [1.165, 1.54) is 11.3 Å². The second-order valence-electron chi connectivity index (χ2n) is 4.32. The number of nitrogens with one attached hydrogen (secondary N) is 1. The van der Waals surface area contributed by atoms with Crippen molar-refractivity contribution in [1.82, 2.24) is 4.98 Å². The maximum Gasteiger partial charge on any atom is 0.257 e. The third-order valence-electron chi connectivity index (χ3n) is 2.96. The lowest BCUT2D eigenvalue weighted by molar-refractivity contribution is 0.102.